The first-order chi connectivity index (χ1) is 14.3. The third kappa shape index (κ3) is 4.02. The summed E-state index contributed by atoms with van der Waals surface area (Å²) in [5.74, 6) is 1.33. The van der Waals surface area contributed by atoms with Gasteiger partial charge in [-0.2, -0.15) is 4.98 Å². The molecular weight excluding hydrogens is 404 g/mol. The predicted octanol–water partition coefficient (Wildman–Crippen LogP) is 1.90. The molecule has 0 bridgehead atoms. The third-order valence-corrected chi connectivity index (χ3v) is 5.73. The molecule has 1 fully saturated rings. The molecule has 30 heavy (non-hydrogen) atoms. The fourth-order valence-electron chi connectivity index (χ4n) is 4.08. The zero-order chi connectivity index (χ0) is 21.4. The highest BCUT2D eigenvalue weighted by atomic mass is 35.5. The molecule has 4 rings (SSSR count). The number of halogens is 1. The van der Waals surface area contributed by atoms with Gasteiger partial charge in [0.1, 0.15) is 0 Å². The maximum absolute atomic E-state index is 12.7. The Bertz CT molecular complexity index is 1170. The summed E-state index contributed by atoms with van der Waals surface area (Å²) in [6.07, 6.45) is 0. The second-order valence-corrected chi connectivity index (χ2v) is 8.74. The van der Waals surface area contributed by atoms with Crippen molar-refractivity contribution in [3.8, 4) is 0 Å². The van der Waals surface area contributed by atoms with Gasteiger partial charge in [0.2, 0.25) is 5.95 Å². The number of hydrogen-bond acceptors (Lipinski definition) is 5. The fraction of sp³-hybridized carbons (Fsp3) is 0.476. The van der Waals surface area contributed by atoms with E-state index in [-0.39, 0.29) is 0 Å². The molecule has 1 aliphatic rings. The van der Waals surface area contributed by atoms with E-state index in [9.17, 15) is 9.59 Å². The van der Waals surface area contributed by atoms with Crippen molar-refractivity contribution in [1.29, 1.82) is 0 Å². The fourth-order valence-corrected chi connectivity index (χ4v) is 4.29. The van der Waals surface area contributed by atoms with Crippen molar-refractivity contribution in [3.05, 3.63) is 55.7 Å². The minimum absolute atomic E-state index is 0.394. The third-order valence-electron chi connectivity index (χ3n) is 5.50. The number of nitrogens with one attached hydrogen (secondary N) is 1. The first-order valence-corrected chi connectivity index (χ1v) is 10.6. The molecule has 1 aliphatic heterocycles. The second-order valence-electron chi connectivity index (χ2n) is 8.30. The Morgan fingerprint density at radius 2 is 1.90 bits per heavy atom. The van der Waals surface area contributed by atoms with Crippen LogP contribution in [0.2, 0.25) is 5.02 Å². The van der Waals surface area contributed by atoms with E-state index in [1.807, 2.05) is 28.8 Å². The van der Waals surface area contributed by atoms with E-state index in [1.165, 1.54) is 4.57 Å². The van der Waals surface area contributed by atoms with Crippen LogP contribution in [0.25, 0.3) is 11.2 Å². The minimum Gasteiger partial charge on any atom is -0.340 e. The number of fused-ring (bicyclic) bond motifs is 1. The molecule has 8 nitrogen and oxygen atoms in total. The van der Waals surface area contributed by atoms with Crippen LogP contribution < -0.4 is 16.1 Å². The normalized spacial score (nSPS) is 15.4. The highest BCUT2D eigenvalue weighted by Crippen LogP contribution is 2.23. The first kappa shape index (κ1) is 20.7. The number of anilines is 1. The lowest BCUT2D eigenvalue weighted by Gasteiger charge is -2.36. The van der Waals surface area contributed by atoms with Gasteiger partial charge in [0.25, 0.3) is 5.56 Å². The maximum Gasteiger partial charge on any atom is 0.329 e. The van der Waals surface area contributed by atoms with Crippen LogP contribution in [0.5, 0.6) is 0 Å². The van der Waals surface area contributed by atoms with E-state index in [1.54, 1.807) is 7.05 Å². The van der Waals surface area contributed by atoms with Crippen LogP contribution in [0.15, 0.2) is 33.9 Å². The summed E-state index contributed by atoms with van der Waals surface area (Å²) in [5, 5.41) is 0.641. The van der Waals surface area contributed by atoms with E-state index in [0.29, 0.717) is 34.6 Å². The van der Waals surface area contributed by atoms with Crippen molar-refractivity contribution < 1.29 is 0 Å². The van der Waals surface area contributed by atoms with Crippen molar-refractivity contribution in [2.45, 2.75) is 20.4 Å². The highest BCUT2D eigenvalue weighted by molar-refractivity contribution is 6.30. The Hall–Kier alpha value is -2.58. The van der Waals surface area contributed by atoms with Gasteiger partial charge in [-0.05, 0) is 23.6 Å². The van der Waals surface area contributed by atoms with E-state index >= 15 is 0 Å². The molecule has 0 amide bonds. The van der Waals surface area contributed by atoms with Crippen LogP contribution >= 0.6 is 11.6 Å². The van der Waals surface area contributed by atoms with Gasteiger partial charge in [0, 0.05) is 44.8 Å². The number of rotatable bonds is 5. The van der Waals surface area contributed by atoms with Crippen molar-refractivity contribution >= 4 is 28.7 Å². The predicted molar refractivity (Wildman–Crippen MR) is 120 cm³/mol. The molecular formula is C21H27ClN6O2. The molecule has 1 saturated heterocycles. The Morgan fingerprint density at radius 3 is 2.57 bits per heavy atom. The molecule has 160 valence electrons. The lowest BCUT2D eigenvalue weighted by molar-refractivity contribution is 0.230. The first-order valence-electron chi connectivity index (χ1n) is 10.2. The smallest absolute Gasteiger partial charge is 0.329 e. The second kappa shape index (κ2) is 8.28. The van der Waals surface area contributed by atoms with E-state index in [0.717, 1.165) is 38.3 Å². The number of nitrogens with zero attached hydrogens (tertiary/aromatic N) is 5. The Kier molecular flexibility index (Phi) is 5.71. The van der Waals surface area contributed by atoms with E-state index < -0.39 is 11.2 Å². The largest absolute Gasteiger partial charge is 0.340 e. The van der Waals surface area contributed by atoms with Crippen molar-refractivity contribution in [2.24, 2.45) is 13.0 Å². The van der Waals surface area contributed by atoms with Crippen LogP contribution in [0.4, 0.5) is 5.95 Å². The molecule has 9 heteroatoms. The van der Waals surface area contributed by atoms with E-state index in [2.05, 4.69) is 28.6 Å². The molecule has 0 aliphatic carbocycles. The number of H-pyrrole nitrogens is 1. The van der Waals surface area contributed by atoms with E-state index in [4.69, 9.17) is 16.6 Å². The summed E-state index contributed by atoms with van der Waals surface area (Å²) in [5.41, 5.74) is 0.873. The molecule has 3 aromatic rings. The van der Waals surface area contributed by atoms with Crippen molar-refractivity contribution in [3.63, 3.8) is 0 Å². The summed E-state index contributed by atoms with van der Waals surface area (Å²) in [6.45, 7) is 9.48. The van der Waals surface area contributed by atoms with Crippen LogP contribution in [0.1, 0.15) is 19.4 Å². The number of benzene rings is 1. The van der Waals surface area contributed by atoms with Gasteiger partial charge in [0.05, 0.1) is 6.54 Å². The van der Waals surface area contributed by atoms with Gasteiger partial charge >= 0.3 is 5.69 Å². The Labute approximate surface area is 179 Å². The standard InChI is InChI=1S/C21H27ClN6O2/c1-14(2)12-26-7-9-27(10-8-26)20-23-18-17(19(29)24-21(30)25(18)3)28(20)13-15-5-4-6-16(22)11-15/h4-6,11,14H,7-10,12-13H2,1-3H3,(H,24,29,30). The molecule has 0 atom stereocenters. The summed E-state index contributed by atoms with van der Waals surface area (Å²) >= 11 is 6.17. The van der Waals surface area contributed by atoms with Gasteiger partial charge < -0.3 is 4.90 Å². The zero-order valence-electron chi connectivity index (χ0n) is 17.6. The maximum atomic E-state index is 12.7. The van der Waals surface area contributed by atoms with Crippen LogP contribution in [0, 0.1) is 5.92 Å². The minimum atomic E-state index is -0.465. The average molecular weight is 431 g/mol. The lowest BCUT2D eigenvalue weighted by atomic mass is 10.2. The molecule has 0 spiro atoms. The lowest BCUT2D eigenvalue weighted by Crippen LogP contribution is -2.48. The molecule has 3 heterocycles. The molecule has 0 radical (unpaired) electrons. The van der Waals surface area contributed by atoms with Crippen LogP contribution in [-0.2, 0) is 13.6 Å². The number of hydrogen-bond donors (Lipinski definition) is 1. The summed E-state index contributed by atoms with van der Waals surface area (Å²) in [4.78, 5) is 36.6. The Morgan fingerprint density at radius 1 is 1.17 bits per heavy atom. The number of aryl methyl sites for hydroxylation is 1. The zero-order valence-corrected chi connectivity index (χ0v) is 18.3. The Balaban J connectivity index is 1.77. The van der Waals surface area contributed by atoms with Gasteiger partial charge in [-0.3, -0.25) is 23.8 Å². The SMILES string of the molecule is CC(C)CN1CCN(c2nc3c(c(=O)[nH]c(=O)n3C)n2Cc2cccc(Cl)c2)CC1. The quantitative estimate of drug-likeness (QED) is 0.668. The molecule has 1 N–H and O–H groups in total. The number of piperazine rings is 1. The highest BCUT2D eigenvalue weighted by Gasteiger charge is 2.25. The summed E-state index contributed by atoms with van der Waals surface area (Å²) in [6, 6.07) is 7.57. The van der Waals surface area contributed by atoms with Crippen molar-refractivity contribution in [1.82, 2.24) is 24.0 Å². The molecule has 2 aromatic heterocycles. The molecule has 1 aromatic carbocycles. The van der Waals surface area contributed by atoms with Gasteiger partial charge in [0.15, 0.2) is 11.2 Å². The van der Waals surface area contributed by atoms with Crippen molar-refractivity contribution in [2.75, 3.05) is 37.6 Å². The molecule has 0 unspecified atom stereocenters. The van der Waals surface area contributed by atoms with Gasteiger partial charge in [-0.15, -0.1) is 0 Å². The van der Waals surface area contributed by atoms with Crippen LogP contribution in [0.3, 0.4) is 0 Å². The number of aromatic nitrogens is 4. The number of aromatic amines is 1. The van der Waals surface area contributed by atoms with Crippen LogP contribution in [-0.4, -0.2) is 56.7 Å². The average Bonchev–Trinajstić information content (AvgIpc) is 3.06. The monoisotopic (exact) mass is 430 g/mol. The van der Waals surface area contributed by atoms with Gasteiger partial charge in [-0.1, -0.05) is 37.6 Å². The van der Waals surface area contributed by atoms with Gasteiger partial charge in [-0.25, -0.2) is 4.79 Å². The summed E-state index contributed by atoms with van der Waals surface area (Å²) < 4.78 is 3.29. The number of imidazole rings is 1. The summed E-state index contributed by atoms with van der Waals surface area (Å²) in [7, 11) is 1.63. The molecule has 0 saturated carbocycles. The topological polar surface area (TPSA) is 79.2 Å².